The summed E-state index contributed by atoms with van der Waals surface area (Å²) < 4.78 is 8.11. The van der Waals surface area contributed by atoms with Crippen molar-refractivity contribution in [3.63, 3.8) is 0 Å². The van der Waals surface area contributed by atoms with Crippen LogP contribution in [0.15, 0.2) is 23.1 Å². The molecule has 0 radical (unpaired) electrons. The highest BCUT2D eigenvalue weighted by molar-refractivity contribution is 5.69. The number of carbonyl (C=O) groups excluding carboxylic acids is 1. The maximum Gasteiger partial charge on any atom is 0.349 e. The van der Waals surface area contributed by atoms with Gasteiger partial charge >= 0.3 is 11.7 Å². The van der Waals surface area contributed by atoms with Crippen molar-refractivity contribution in [1.29, 1.82) is 0 Å². The Hall–Kier alpha value is -2.11. The molecule has 0 amide bonds. The topological polar surface area (TPSA) is 65.6 Å². The Morgan fingerprint density at radius 3 is 2.90 bits per heavy atom. The van der Waals surface area contributed by atoms with E-state index in [0.717, 1.165) is 31.2 Å². The minimum Gasteiger partial charge on any atom is -0.461 e. The first kappa shape index (κ1) is 13.9. The molecule has 112 valence electrons. The molecule has 2 aromatic rings. The third-order valence-corrected chi connectivity index (χ3v) is 3.95. The van der Waals surface area contributed by atoms with Crippen molar-refractivity contribution in [2.45, 2.75) is 51.7 Å². The summed E-state index contributed by atoms with van der Waals surface area (Å²) in [5.74, 6) is -0.387. The molecule has 0 N–H and O–H groups in total. The van der Waals surface area contributed by atoms with Gasteiger partial charge in [-0.25, -0.2) is 9.48 Å². The second kappa shape index (κ2) is 5.71. The van der Waals surface area contributed by atoms with Gasteiger partial charge in [0.1, 0.15) is 12.6 Å². The van der Waals surface area contributed by atoms with Crippen LogP contribution in [0.3, 0.4) is 0 Å². The van der Waals surface area contributed by atoms with Gasteiger partial charge in [0.15, 0.2) is 0 Å². The van der Waals surface area contributed by atoms with Crippen LogP contribution in [0.2, 0.25) is 0 Å². The molecule has 0 aromatic carbocycles. The first-order valence-electron chi connectivity index (χ1n) is 7.39. The number of fused-ring (bicyclic) bond motifs is 1. The summed E-state index contributed by atoms with van der Waals surface area (Å²) in [5.41, 5.74) is 1.16. The quantitative estimate of drug-likeness (QED) is 0.806. The van der Waals surface area contributed by atoms with Gasteiger partial charge in [0.25, 0.3) is 0 Å². The van der Waals surface area contributed by atoms with Crippen LogP contribution in [-0.2, 0) is 16.1 Å². The molecule has 1 fully saturated rings. The lowest BCUT2D eigenvalue weighted by Crippen LogP contribution is -2.33. The number of ether oxygens (including phenoxy) is 1. The van der Waals surface area contributed by atoms with Crippen molar-refractivity contribution in [2.75, 3.05) is 0 Å². The first-order chi connectivity index (χ1) is 10.1. The molecule has 0 aliphatic heterocycles. The Morgan fingerprint density at radius 1 is 1.38 bits per heavy atom. The second-order valence-corrected chi connectivity index (χ2v) is 5.54. The van der Waals surface area contributed by atoms with Crippen molar-refractivity contribution in [1.82, 2.24) is 14.2 Å². The highest BCUT2D eigenvalue weighted by Crippen LogP contribution is 2.20. The van der Waals surface area contributed by atoms with E-state index < -0.39 is 0 Å². The summed E-state index contributed by atoms with van der Waals surface area (Å²) in [6.07, 6.45) is 6.93. The van der Waals surface area contributed by atoms with E-state index in [1.54, 1.807) is 12.3 Å². The fourth-order valence-electron chi connectivity index (χ4n) is 2.87. The average molecular weight is 289 g/mol. The summed E-state index contributed by atoms with van der Waals surface area (Å²) >= 11 is 0. The van der Waals surface area contributed by atoms with Crippen LogP contribution in [-0.4, -0.2) is 26.3 Å². The number of hydrogen-bond acceptors (Lipinski definition) is 4. The van der Waals surface area contributed by atoms with E-state index in [4.69, 9.17) is 4.74 Å². The number of esters is 1. The van der Waals surface area contributed by atoms with E-state index >= 15 is 0 Å². The van der Waals surface area contributed by atoms with Crippen LogP contribution >= 0.6 is 0 Å². The molecule has 21 heavy (non-hydrogen) atoms. The molecule has 0 atom stereocenters. The van der Waals surface area contributed by atoms with Crippen LogP contribution in [0.4, 0.5) is 0 Å². The fourth-order valence-corrected chi connectivity index (χ4v) is 2.87. The summed E-state index contributed by atoms with van der Waals surface area (Å²) in [6.45, 7) is 1.68. The Balaban J connectivity index is 1.76. The zero-order chi connectivity index (χ0) is 14.8. The Kier molecular flexibility index (Phi) is 3.77. The molecule has 0 saturated heterocycles. The lowest BCUT2D eigenvalue weighted by atomic mass is 9.98. The number of aryl methyl sites for hydroxylation is 1. The lowest BCUT2D eigenvalue weighted by molar-refractivity contribution is -0.151. The third-order valence-electron chi connectivity index (χ3n) is 3.95. The van der Waals surface area contributed by atoms with Gasteiger partial charge in [-0.05, 0) is 44.7 Å². The Morgan fingerprint density at radius 2 is 2.14 bits per heavy atom. The summed E-state index contributed by atoms with van der Waals surface area (Å²) in [5, 5.41) is 4.19. The predicted molar refractivity (Wildman–Crippen MR) is 77.2 cm³/mol. The SMILES string of the molecule is Cc1nn(CC(=O)OC2CCCCC2)c(=O)n2cccc12. The van der Waals surface area contributed by atoms with E-state index in [1.807, 2.05) is 13.0 Å². The molecular formula is C15H19N3O3. The molecule has 0 bridgehead atoms. The van der Waals surface area contributed by atoms with Gasteiger partial charge in [0.2, 0.25) is 0 Å². The smallest absolute Gasteiger partial charge is 0.349 e. The molecule has 0 unspecified atom stereocenters. The molecule has 3 rings (SSSR count). The van der Waals surface area contributed by atoms with Gasteiger partial charge in [-0.3, -0.25) is 9.20 Å². The van der Waals surface area contributed by atoms with Crippen molar-refractivity contribution in [3.8, 4) is 0 Å². The van der Waals surface area contributed by atoms with Gasteiger partial charge in [0, 0.05) is 6.20 Å². The predicted octanol–water partition coefficient (Wildman–Crippen LogP) is 1.68. The normalized spacial score (nSPS) is 16.2. The molecule has 1 aliphatic carbocycles. The fraction of sp³-hybridized carbons (Fsp3) is 0.533. The van der Waals surface area contributed by atoms with E-state index in [0.29, 0.717) is 5.69 Å². The molecule has 1 saturated carbocycles. The zero-order valence-corrected chi connectivity index (χ0v) is 12.1. The van der Waals surface area contributed by atoms with Gasteiger partial charge in [0.05, 0.1) is 11.2 Å². The minimum atomic E-state index is -0.387. The largest absolute Gasteiger partial charge is 0.461 e. The summed E-state index contributed by atoms with van der Waals surface area (Å²) in [7, 11) is 0. The van der Waals surface area contributed by atoms with Crippen LogP contribution in [0.5, 0.6) is 0 Å². The summed E-state index contributed by atoms with van der Waals surface area (Å²) in [6, 6.07) is 3.62. The molecule has 0 spiro atoms. The average Bonchev–Trinajstić information content (AvgIpc) is 2.95. The van der Waals surface area contributed by atoms with Crippen molar-refractivity contribution < 1.29 is 9.53 Å². The van der Waals surface area contributed by atoms with Gasteiger partial charge in [-0.1, -0.05) is 6.42 Å². The number of nitrogens with zero attached hydrogens (tertiary/aromatic N) is 3. The van der Waals surface area contributed by atoms with Gasteiger partial charge in [-0.15, -0.1) is 0 Å². The molecule has 6 heteroatoms. The van der Waals surface area contributed by atoms with Crippen molar-refractivity contribution in [3.05, 3.63) is 34.5 Å². The molecule has 2 heterocycles. The van der Waals surface area contributed by atoms with Crippen LogP contribution < -0.4 is 5.69 Å². The molecular weight excluding hydrogens is 270 g/mol. The van der Waals surface area contributed by atoms with Gasteiger partial charge < -0.3 is 4.74 Å². The highest BCUT2D eigenvalue weighted by Gasteiger charge is 2.19. The van der Waals surface area contributed by atoms with Crippen molar-refractivity contribution in [2.24, 2.45) is 0 Å². The second-order valence-electron chi connectivity index (χ2n) is 5.54. The van der Waals surface area contributed by atoms with Crippen LogP contribution in [0.1, 0.15) is 37.8 Å². The Bertz CT molecular complexity index is 711. The van der Waals surface area contributed by atoms with Crippen LogP contribution in [0, 0.1) is 6.92 Å². The van der Waals surface area contributed by atoms with Crippen molar-refractivity contribution >= 4 is 11.5 Å². The third kappa shape index (κ3) is 2.84. The minimum absolute atomic E-state index is 0.00152. The number of rotatable bonds is 3. The van der Waals surface area contributed by atoms with Gasteiger partial charge in [-0.2, -0.15) is 5.10 Å². The zero-order valence-electron chi connectivity index (χ0n) is 12.1. The van der Waals surface area contributed by atoms with Crippen LogP contribution in [0.25, 0.3) is 5.52 Å². The standard InChI is InChI=1S/C15H19N3O3/c1-11-13-8-5-9-17(13)15(20)18(16-11)10-14(19)21-12-6-3-2-4-7-12/h5,8-9,12H,2-4,6-7,10H2,1H3. The number of carbonyl (C=O) groups is 1. The lowest BCUT2D eigenvalue weighted by Gasteiger charge is -2.21. The number of hydrogen-bond donors (Lipinski definition) is 0. The monoisotopic (exact) mass is 289 g/mol. The molecule has 2 aromatic heterocycles. The highest BCUT2D eigenvalue weighted by atomic mass is 16.5. The molecule has 6 nitrogen and oxygen atoms in total. The Labute approximate surface area is 122 Å². The first-order valence-corrected chi connectivity index (χ1v) is 7.39. The van der Waals surface area contributed by atoms with E-state index in [9.17, 15) is 9.59 Å². The van der Waals surface area contributed by atoms with E-state index in [1.165, 1.54) is 15.5 Å². The van der Waals surface area contributed by atoms with E-state index in [-0.39, 0.29) is 24.3 Å². The maximum absolute atomic E-state index is 12.2. The van der Waals surface area contributed by atoms with E-state index in [2.05, 4.69) is 5.10 Å². The number of aromatic nitrogens is 3. The summed E-state index contributed by atoms with van der Waals surface area (Å²) in [4.78, 5) is 24.2. The maximum atomic E-state index is 12.2. The molecule has 1 aliphatic rings.